The molecule has 222 valence electrons. The fraction of sp³-hybridized carbons (Fsp3) is 0.0455. The van der Waals surface area contributed by atoms with Crippen LogP contribution in [-0.4, -0.2) is 0 Å². The summed E-state index contributed by atoms with van der Waals surface area (Å²) in [6.45, 7) is 4.28. The molecule has 0 saturated carbocycles. The lowest BCUT2D eigenvalue weighted by molar-refractivity contribution is 1.27. The van der Waals surface area contributed by atoms with Gasteiger partial charge in [-0.1, -0.05) is 109 Å². The van der Waals surface area contributed by atoms with E-state index in [4.69, 9.17) is 0 Å². The third-order valence-electron chi connectivity index (χ3n) is 8.35. The second kappa shape index (κ2) is 13.0. The Balaban J connectivity index is 1.13. The van der Waals surface area contributed by atoms with E-state index in [-0.39, 0.29) is 0 Å². The number of aryl methyl sites for hydroxylation is 2. The molecule has 2 nitrogen and oxygen atoms in total. The van der Waals surface area contributed by atoms with Crippen LogP contribution in [0.25, 0.3) is 22.3 Å². The summed E-state index contributed by atoms with van der Waals surface area (Å²) in [5, 5.41) is 0. The van der Waals surface area contributed by atoms with E-state index in [0.29, 0.717) is 0 Å². The zero-order valence-corrected chi connectivity index (χ0v) is 26.2. The molecule has 0 spiro atoms. The van der Waals surface area contributed by atoms with Crippen LogP contribution in [0.1, 0.15) is 11.1 Å². The molecule has 0 unspecified atom stereocenters. The second-order valence-electron chi connectivity index (χ2n) is 11.7. The van der Waals surface area contributed by atoms with Crippen molar-refractivity contribution in [2.24, 2.45) is 0 Å². The molecule has 2 heteroatoms. The van der Waals surface area contributed by atoms with E-state index in [2.05, 4.69) is 206 Å². The molecule has 7 aromatic carbocycles. The summed E-state index contributed by atoms with van der Waals surface area (Å²) < 4.78 is 0. The molecule has 46 heavy (non-hydrogen) atoms. The number of anilines is 6. The van der Waals surface area contributed by atoms with Gasteiger partial charge in [0, 0.05) is 34.1 Å². The van der Waals surface area contributed by atoms with Crippen molar-refractivity contribution >= 4 is 34.1 Å². The van der Waals surface area contributed by atoms with E-state index in [9.17, 15) is 0 Å². The average Bonchev–Trinajstić information content (AvgIpc) is 3.10. The SMILES string of the molecule is Cc1cccc(N(c2ccccc2)c2ccc(-c3ccc(-c4ccc(N(c5ccccc5)c5cccc(C)c5)cc4)cc3)cc2)c1. The van der Waals surface area contributed by atoms with Crippen LogP contribution in [0.2, 0.25) is 0 Å². The van der Waals surface area contributed by atoms with Gasteiger partial charge in [0.1, 0.15) is 0 Å². The van der Waals surface area contributed by atoms with Gasteiger partial charge in [-0.3, -0.25) is 0 Å². The second-order valence-corrected chi connectivity index (χ2v) is 11.7. The number of hydrogen-bond donors (Lipinski definition) is 0. The first-order valence-corrected chi connectivity index (χ1v) is 15.8. The Kier molecular flexibility index (Phi) is 8.17. The van der Waals surface area contributed by atoms with Crippen LogP contribution in [0.15, 0.2) is 182 Å². The van der Waals surface area contributed by atoms with Crippen LogP contribution < -0.4 is 9.80 Å². The Labute approximate surface area is 272 Å². The van der Waals surface area contributed by atoms with Gasteiger partial charge in [0.15, 0.2) is 0 Å². The summed E-state index contributed by atoms with van der Waals surface area (Å²) in [4.78, 5) is 4.61. The summed E-state index contributed by atoms with van der Waals surface area (Å²) in [7, 11) is 0. The standard InChI is InChI=1S/C44H36N2/c1-33-11-9-17-43(31-33)45(39-13-5-3-6-14-39)41-27-23-37(24-28-41)35-19-21-36(22-20-35)38-25-29-42(30-26-38)46(40-15-7-4-8-16-40)44-18-10-12-34(2)32-44/h3-32H,1-2H3. The lowest BCUT2D eigenvalue weighted by atomic mass is 9.99. The predicted octanol–water partition coefficient (Wildman–Crippen LogP) is 12.6. The first-order chi connectivity index (χ1) is 22.6. The van der Waals surface area contributed by atoms with Gasteiger partial charge in [-0.15, -0.1) is 0 Å². The van der Waals surface area contributed by atoms with Crippen LogP contribution in [0, 0.1) is 13.8 Å². The molecular formula is C44H36N2. The number of rotatable bonds is 8. The Hall–Kier alpha value is -5.86. The Morgan fingerprint density at radius 3 is 0.870 bits per heavy atom. The molecule has 0 N–H and O–H groups in total. The number of hydrogen-bond acceptors (Lipinski definition) is 2. The smallest absolute Gasteiger partial charge is 0.0464 e. The highest BCUT2D eigenvalue weighted by Crippen LogP contribution is 2.38. The van der Waals surface area contributed by atoms with Gasteiger partial charge in [-0.05, 0) is 120 Å². The monoisotopic (exact) mass is 592 g/mol. The van der Waals surface area contributed by atoms with Gasteiger partial charge in [0.25, 0.3) is 0 Å². The van der Waals surface area contributed by atoms with Gasteiger partial charge in [-0.2, -0.15) is 0 Å². The first kappa shape index (κ1) is 28.9. The highest BCUT2D eigenvalue weighted by atomic mass is 15.1. The van der Waals surface area contributed by atoms with E-state index in [0.717, 1.165) is 34.1 Å². The summed E-state index contributed by atoms with van der Waals surface area (Å²) in [5.41, 5.74) is 14.1. The van der Waals surface area contributed by atoms with E-state index in [1.54, 1.807) is 0 Å². The highest BCUT2D eigenvalue weighted by molar-refractivity contribution is 5.81. The Bertz CT molecular complexity index is 1880. The van der Waals surface area contributed by atoms with Gasteiger partial charge in [0.2, 0.25) is 0 Å². The average molecular weight is 593 g/mol. The van der Waals surface area contributed by atoms with E-state index in [1.165, 1.54) is 33.4 Å². The van der Waals surface area contributed by atoms with Gasteiger partial charge >= 0.3 is 0 Å². The molecule has 7 rings (SSSR count). The third kappa shape index (κ3) is 6.20. The van der Waals surface area contributed by atoms with E-state index in [1.807, 2.05) is 0 Å². The largest absolute Gasteiger partial charge is 0.310 e. The lowest BCUT2D eigenvalue weighted by Gasteiger charge is -2.26. The van der Waals surface area contributed by atoms with Crippen molar-refractivity contribution in [1.82, 2.24) is 0 Å². The maximum atomic E-state index is 2.31. The molecular weight excluding hydrogens is 556 g/mol. The molecule has 0 heterocycles. The topological polar surface area (TPSA) is 6.48 Å². The van der Waals surface area contributed by atoms with E-state index < -0.39 is 0 Å². The molecule has 0 fully saturated rings. The molecule has 0 aromatic heterocycles. The van der Waals surface area contributed by atoms with Crippen LogP contribution >= 0.6 is 0 Å². The van der Waals surface area contributed by atoms with Crippen LogP contribution in [0.5, 0.6) is 0 Å². The minimum atomic E-state index is 1.13. The third-order valence-corrected chi connectivity index (χ3v) is 8.35. The molecule has 0 saturated heterocycles. The van der Waals surface area contributed by atoms with Crippen molar-refractivity contribution in [3.05, 3.63) is 193 Å². The lowest BCUT2D eigenvalue weighted by Crippen LogP contribution is -2.09. The summed E-state index contributed by atoms with van der Waals surface area (Å²) in [6, 6.07) is 65.0. The van der Waals surface area contributed by atoms with Crippen LogP contribution in [-0.2, 0) is 0 Å². The van der Waals surface area contributed by atoms with Crippen molar-refractivity contribution in [1.29, 1.82) is 0 Å². The maximum Gasteiger partial charge on any atom is 0.0464 e. The normalized spacial score (nSPS) is 10.8. The van der Waals surface area contributed by atoms with E-state index >= 15 is 0 Å². The number of nitrogens with zero attached hydrogens (tertiary/aromatic N) is 2. The zero-order valence-electron chi connectivity index (χ0n) is 26.2. The van der Waals surface area contributed by atoms with Gasteiger partial charge in [0.05, 0.1) is 0 Å². The molecule has 0 aliphatic heterocycles. The van der Waals surface area contributed by atoms with Crippen molar-refractivity contribution in [2.45, 2.75) is 13.8 Å². The van der Waals surface area contributed by atoms with Crippen molar-refractivity contribution in [2.75, 3.05) is 9.80 Å². The van der Waals surface area contributed by atoms with Crippen LogP contribution in [0.3, 0.4) is 0 Å². The van der Waals surface area contributed by atoms with Gasteiger partial charge < -0.3 is 9.80 Å². The molecule has 0 radical (unpaired) electrons. The Morgan fingerprint density at radius 2 is 0.543 bits per heavy atom. The zero-order chi connectivity index (χ0) is 31.3. The molecule has 0 aliphatic carbocycles. The highest BCUT2D eigenvalue weighted by Gasteiger charge is 2.14. The molecule has 0 atom stereocenters. The predicted molar refractivity (Wildman–Crippen MR) is 196 cm³/mol. The molecule has 0 aliphatic rings. The fourth-order valence-electron chi connectivity index (χ4n) is 6.04. The number of para-hydroxylation sites is 2. The molecule has 7 aromatic rings. The summed E-state index contributed by atoms with van der Waals surface area (Å²) >= 11 is 0. The molecule has 0 amide bonds. The van der Waals surface area contributed by atoms with Crippen LogP contribution in [0.4, 0.5) is 34.1 Å². The minimum Gasteiger partial charge on any atom is -0.310 e. The Morgan fingerprint density at radius 1 is 0.261 bits per heavy atom. The van der Waals surface area contributed by atoms with Crippen molar-refractivity contribution < 1.29 is 0 Å². The minimum absolute atomic E-state index is 1.13. The summed E-state index contributed by atoms with van der Waals surface area (Å²) in [6.07, 6.45) is 0. The first-order valence-electron chi connectivity index (χ1n) is 15.8. The number of benzene rings is 7. The van der Waals surface area contributed by atoms with Crippen molar-refractivity contribution in [3.8, 4) is 22.3 Å². The summed E-state index contributed by atoms with van der Waals surface area (Å²) in [5.74, 6) is 0. The maximum absolute atomic E-state index is 2.31. The van der Waals surface area contributed by atoms with Crippen molar-refractivity contribution in [3.63, 3.8) is 0 Å². The quantitative estimate of drug-likeness (QED) is 0.173. The molecule has 0 bridgehead atoms. The van der Waals surface area contributed by atoms with Gasteiger partial charge in [-0.25, -0.2) is 0 Å². The fourth-order valence-corrected chi connectivity index (χ4v) is 6.04.